The maximum absolute atomic E-state index is 11.7. The Morgan fingerprint density at radius 2 is 2.33 bits per heavy atom. The van der Waals surface area contributed by atoms with Gasteiger partial charge in [0.1, 0.15) is 4.88 Å². The van der Waals surface area contributed by atoms with Gasteiger partial charge in [-0.2, -0.15) is 0 Å². The third-order valence-corrected chi connectivity index (χ3v) is 2.79. The van der Waals surface area contributed by atoms with Gasteiger partial charge in [-0.3, -0.25) is 4.79 Å². The summed E-state index contributed by atoms with van der Waals surface area (Å²) in [5, 5.41) is 3.65. The lowest BCUT2D eigenvalue weighted by Crippen LogP contribution is -2.01. The number of Topliss-reactive ketones (excluding diaryl/α,β-unsaturated/α-hetero) is 1. The molecule has 0 atom stereocenters. The van der Waals surface area contributed by atoms with Crippen LogP contribution < -0.4 is 0 Å². The Bertz CT molecular complexity index is 465. The van der Waals surface area contributed by atoms with E-state index in [1.165, 1.54) is 11.8 Å². The second kappa shape index (κ2) is 4.31. The minimum absolute atomic E-state index is 0.0793. The number of rotatable bonds is 3. The van der Waals surface area contributed by atoms with Gasteiger partial charge in [-0.25, -0.2) is 0 Å². The first-order valence-electron chi connectivity index (χ1n) is 4.62. The Morgan fingerprint density at radius 1 is 1.47 bits per heavy atom. The first-order chi connectivity index (χ1) is 7.25. The maximum Gasteiger partial charge on any atom is 0.180 e. The maximum atomic E-state index is 11.7. The Kier molecular flexibility index (Phi) is 2.87. The molecule has 2 rings (SSSR count). The van der Waals surface area contributed by atoms with Crippen molar-refractivity contribution in [2.45, 2.75) is 13.3 Å². The van der Waals surface area contributed by atoms with Crippen molar-refractivity contribution in [3.63, 3.8) is 0 Å². The molecule has 0 unspecified atom stereocenters. The van der Waals surface area contributed by atoms with Crippen molar-refractivity contribution < 1.29 is 4.79 Å². The number of ketones is 1. The summed E-state index contributed by atoms with van der Waals surface area (Å²) < 4.78 is 3.67. The van der Waals surface area contributed by atoms with E-state index in [1.807, 2.05) is 31.2 Å². The molecular formula is C11H10N2OS. The Balaban J connectivity index is 2.13. The zero-order chi connectivity index (χ0) is 10.7. The van der Waals surface area contributed by atoms with Crippen molar-refractivity contribution in [2.75, 3.05) is 0 Å². The summed E-state index contributed by atoms with van der Waals surface area (Å²) in [7, 11) is 0. The topological polar surface area (TPSA) is 42.9 Å². The summed E-state index contributed by atoms with van der Waals surface area (Å²) in [6, 6.07) is 7.96. The summed E-state index contributed by atoms with van der Waals surface area (Å²) in [4.78, 5) is 12.3. The fourth-order valence-corrected chi connectivity index (χ4v) is 1.84. The molecule has 0 amide bonds. The van der Waals surface area contributed by atoms with Crippen LogP contribution in [0.5, 0.6) is 0 Å². The molecule has 0 bridgehead atoms. The molecule has 0 aliphatic heterocycles. The first kappa shape index (κ1) is 9.98. The predicted octanol–water partition coefficient (Wildman–Crippen LogP) is 2.27. The second-order valence-corrected chi connectivity index (χ2v) is 4.16. The van der Waals surface area contributed by atoms with Crippen molar-refractivity contribution in [3.05, 3.63) is 46.5 Å². The molecule has 4 heteroatoms. The van der Waals surface area contributed by atoms with Gasteiger partial charge >= 0.3 is 0 Å². The van der Waals surface area contributed by atoms with Crippen LogP contribution in [0.15, 0.2) is 30.5 Å². The fraction of sp³-hybridized carbons (Fsp3) is 0.182. The van der Waals surface area contributed by atoms with Crippen molar-refractivity contribution >= 4 is 17.3 Å². The van der Waals surface area contributed by atoms with Gasteiger partial charge in [-0.15, -0.1) is 5.10 Å². The lowest BCUT2D eigenvalue weighted by atomic mass is 10.1. The average Bonchev–Trinajstić information content (AvgIpc) is 2.70. The lowest BCUT2D eigenvalue weighted by molar-refractivity contribution is 0.0996. The van der Waals surface area contributed by atoms with Crippen LogP contribution >= 0.6 is 11.5 Å². The van der Waals surface area contributed by atoms with Crippen molar-refractivity contribution in [3.8, 4) is 0 Å². The average molecular weight is 218 g/mol. The Morgan fingerprint density at radius 3 is 3.00 bits per heavy atom. The number of benzene rings is 1. The van der Waals surface area contributed by atoms with Gasteiger partial charge in [0.05, 0.1) is 6.20 Å². The van der Waals surface area contributed by atoms with E-state index in [0.29, 0.717) is 11.3 Å². The van der Waals surface area contributed by atoms with Crippen LogP contribution in [0.4, 0.5) is 0 Å². The first-order valence-corrected chi connectivity index (χ1v) is 5.39. The molecule has 0 saturated carbocycles. The van der Waals surface area contributed by atoms with Crippen LogP contribution in [0.25, 0.3) is 0 Å². The highest BCUT2D eigenvalue weighted by Gasteiger charge is 2.09. The van der Waals surface area contributed by atoms with E-state index in [4.69, 9.17) is 0 Å². The quantitative estimate of drug-likeness (QED) is 0.742. The van der Waals surface area contributed by atoms with Gasteiger partial charge in [-0.05, 0) is 24.0 Å². The lowest BCUT2D eigenvalue weighted by Gasteiger charge is -1.99. The summed E-state index contributed by atoms with van der Waals surface area (Å²) in [5.74, 6) is 0.0793. The van der Waals surface area contributed by atoms with E-state index >= 15 is 0 Å². The minimum atomic E-state index is 0.0793. The molecule has 0 spiro atoms. The number of aromatic nitrogens is 2. The zero-order valence-electron chi connectivity index (χ0n) is 8.30. The number of hydrogen-bond donors (Lipinski definition) is 0. The summed E-state index contributed by atoms with van der Waals surface area (Å²) >= 11 is 1.14. The third-order valence-electron chi connectivity index (χ3n) is 2.08. The molecule has 0 saturated heterocycles. The molecule has 76 valence electrons. The molecule has 1 aromatic carbocycles. The molecule has 0 aliphatic rings. The van der Waals surface area contributed by atoms with Crippen molar-refractivity contribution in [1.29, 1.82) is 0 Å². The highest BCUT2D eigenvalue weighted by Crippen LogP contribution is 2.10. The van der Waals surface area contributed by atoms with Crippen LogP contribution in [-0.4, -0.2) is 15.4 Å². The van der Waals surface area contributed by atoms with Crippen LogP contribution in [0.3, 0.4) is 0 Å². The van der Waals surface area contributed by atoms with Crippen LogP contribution in [0, 0.1) is 6.92 Å². The molecule has 1 heterocycles. The normalized spacial score (nSPS) is 10.2. The van der Waals surface area contributed by atoms with Crippen LogP contribution in [0.2, 0.25) is 0 Å². The van der Waals surface area contributed by atoms with Crippen LogP contribution in [-0.2, 0) is 6.42 Å². The molecule has 0 fully saturated rings. The Hall–Kier alpha value is -1.55. The molecule has 3 nitrogen and oxygen atoms in total. The van der Waals surface area contributed by atoms with Gasteiger partial charge < -0.3 is 0 Å². The predicted molar refractivity (Wildman–Crippen MR) is 59.1 cm³/mol. The fourth-order valence-electron chi connectivity index (χ4n) is 1.38. The van der Waals surface area contributed by atoms with E-state index in [0.717, 1.165) is 17.1 Å². The van der Waals surface area contributed by atoms with Crippen molar-refractivity contribution in [2.24, 2.45) is 0 Å². The summed E-state index contributed by atoms with van der Waals surface area (Å²) in [6.45, 7) is 2.02. The number of aryl methyl sites for hydroxylation is 1. The largest absolute Gasteiger partial charge is 0.293 e. The molecule has 0 N–H and O–H groups in total. The van der Waals surface area contributed by atoms with Crippen LogP contribution in [0.1, 0.15) is 20.8 Å². The van der Waals surface area contributed by atoms with Gasteiger partial charge in [0, 0.05) is 6.42 Å². The third kappa shape index (κ3) is 2.47. The van der Waals surface area contributed by atoms with E-state index in [-0.39, 0.29) is 5.78 Å². The smallest absolute Gasteiger partial charge is 0.180 e. The summed E-state index contributed by atoms with van der Waals surface area (Å²) in [6.07, 6.45) is 1.94. The van der Waals surface area contributed by atoms with E-state index < -0.39 is 0 Å². The zero-order valence-corrected chi connectivity index (χ0v) is 9.12. The SMILES string of the molecule is Cc1cccc(CC(=O)c2cnns2)c1. The van der Waals surface area contributed by atoms with E-state index in [9.17, 15) is 4.79 Å². The minimum Gasteiger partial charge on any atom is -0.293 e. The summed E-state index contributed by atoms with van der Waals surface area (Å²) in [5.41, 5.74) is 2.20. The molecule has 15 heavy (non-hydrogen) atoms. The van der Waals surface area contributed by atoms with E-state index in [2.05, 4.69) is 9.59 Å². The van der Waals surface area contributed by atoms with Gasteiger partial charge in [0.15, 0.2) is 5.78 Å². The molecular weight excluding hydrogens is 208 g/mol. The number of carbonyl (C=O) groups excluding carboxylic acids is 1. The molecule has 0 radical (unpaired) electrons. The van der Waals surface area contributed by atoms with Gasteiger partial charge in [0.25, 0.3) is 0 Å². The highest BCUT2D eigenvalue weighted by molar-refractivity contribution is 7.07. The number of hydrogen-bond acceptors (Lipinski definition) is 4. The van der Waals surface area contributed by atoms with E-state index in [1.54, 1.807) is 0 Å². The standard InChI is InChI=1S/C11H10N2OS/c1-8-3-2-4-9(5-8)6-10(14)11-7-12-13-15-11/h2-5,7H,6H2,1H3. The van der Waals surface area contributed by atoms with Gasteiger partial charge in [0.2, 0.25) is 0 Å². The Labute approximate surface area is 91.9 Å². The van der Waals surface area contributed by atoms with Crippen molar-refractivity contribution in [1.82, 2.24) is 9.59 Å². The number of nitrogens with zero attached hydrogens (tertiary/aromatic N) is 2. The van der Waals surface area contributed by atoms with Gasteiger partial charge in [-0.1, -0.05) is 34.3 Å². The highest BCUT2D eigenvalue weighted by atomic mass is 32.1. The number of carbonyl (C=O) groups is 1. The molecule has 0 aliphatic carbocycles. The molecule has 2 aromatic rings. The second-order valence-electron chi connectivity index (χ2n) is 3.37. The molecule has 1 aromatic heterocycles. The monoisotopic (exact) mass is 218 g/mol.